The molecular formula is C15H31N3O. The van der Waals surface area contributed by atoms with Crippen molar-refractivity contribution in [2.24, 2.45) is 11.7 Å². The van der Waals surface area contributed by atoms with Crippen LogP contribution in [0.1, 0.15) is 33.1 Å². The molecule has 112 valence electrons. The molecule has 2 fully saturated rings. The van der Waals surface area contributed by atoms with Crippen molar-refractivity contribution in [3.05, 3.63) is 0 Å². The lowest BCUT2D eigenvalue weighted by Crippen LogP contribution is -2.48. The van der Waals surface area contributed by atoms with E-state index in [1.807, 2.05) is 0 Å². The Hall–Kier alpha value is -0.160. The van der Waals surface area contributed by atoms with Gasteiger partial charge in [0.15, 0.2) is 0 Å². The Morgan fingerprint density at radius 2 is 2.00 bits per heavy atom. The van der Waals surface area contributed by atoms with E-state index in [4.69, 9.17) is 10.5 Å². The van der Waals surface area contributed by atoms with Crippen LogP contribution in [0.25, 0.3) is 0 Å². The van der Waals surface area contributed by atoms with Crippen LogP contribution in [0, 0.1) is 5.92 Å². The fraction of sp³-hybridized carbons (Fsp3) is 1.00. The lowest BCUT2D eigenvalue weighted by atomic mass is 9.96. The number of likely N-dealkylation sites (tertiary alicyclic amines) is 1. The highest BCUT2D eigenvalue weighted by Gasteiger charge is 2.33. The quantitative estimate of drug-likeness (QED) is 0.785. The van der Waals surface area contributed by atoms with Gasteiger partial charge in [-0.1, -0.05) is 20.3 Å². The third-order valence-corrected chi connectivity index (χ3v) is 4.87. The summed E-state index contributed by atoms with van der Waals surface area (Å²) in [7, 11) is 0. The van der Waals surface area contributed by atoms with Crippen molar-refractivity contribution < 1.29 is 4.74 Å². The highest BCUT2D eigenvalue weighted by molar-refractivity contribution is 4.89. The van der Waals surface area contributed by atoms with E-state index in [1.165, 1.54) is 32.4 Å². The summed E-state index contributed by atoms with van der Waals surface area (Å²) in [5.41, 5.74) is 6.03. The Labute approximate surface area is 118 Å². The smallest absolute Gasteiger partial charge is 0.0594 e. The third kappa shape index (κ3) is 3.91. The van der Waals surface area contributed by atoms with Crippen molar-refractivity contribution in [1.29, 1.82) is 0 Å². The second-order valence-electron chi connectivity index (χ2n) is 6.15. The molecular weight excluding hydrogens is 238 g/mol. The first-order valence-electron chi connectivity index (χ1n) is 8.02. The number of nitrogens with two attached hydrogens (primary N) is 1. The summed E-state index contributed by atoms with van der Waals surface area (Å²) < 4.78 is 5.45. The molecule has 0 amide bonds. The zero-order valence-corrected chi connectivity index (χ0v) is 12.7. The molecule has 0 aromatic carbocycles. The highest BCUT2D eigenvalue weighted by atomic mass is 16.5. The summed E-state index contributed by atoms with van der Waals surface area (Å²) in [6.07, 6.45) is 3.86. The van der Waals surface area contributed by atoms with E-state index in [-0.39, 0.29) is 0 Å². The largest absolute Gasteiger partial charge is 0.379 e. The number of rotatable bonds is 6. The molecule has 0 radical (unpaired) electrons. The van der Waals surface area contributed by atoms with Crippen LogP contribution in [0.4, 0.5) is 0 Å². The van der Waals surface area contributed by atoms with E-state index < -0.39 is 0 Å². The van der Waals surface area contributed by atoms with Gasteiger partial charge in [-0.15, -0.1) is 0 Å². The van der Waals surface area contributed by atoms with Gasteiger partial charge >= 0.3 is 0 Å². The van der Waals surface area contributed by atoms with Gasteiger partial charge in [0.1, 0.15) is 0 Å². The normalized spacial score (nSPS) is 29.5. The van der Waals surface area contributed by atoms with Gasteiger partial charge in [-0.2, -0.15) is 0 Å². The summed E-state index contributed by atoms with van der Waals surface area (Å²) >= 11 is 0. The van der Waals surface area contributed by atoms with Crippen LogP contribution in [0.3, 0.4) is 0 Å². The van der Waals surface area contributed by atoms with Crippen LogP contribution in [0.5, 0.6) is 0 Å². The molecule has 0 spiro atoms. The minimum absolute atomic E-state index is 0.575. The van der Waals surface area contributed by atoms with Gasteiger partial charge in [0.25, 0.3) is 0 Å². The van der Waals surface area contributed by atoms with Crippen molar-refractivity contribution in [3.8, 4) is 0 Å². The second kappa shape index (κ2) is 7.58. The van der Waals surface area contributed by atoms with Crippen LogP contribution in [0.15, 0.2) is 0 Å². The monoisotopic (exact) mass is 269 g/mol. The molecule has 4 heteroatoms. The number of hydrogen-bond donors (Lipinski definition) is 1. The Kier molecular flexibility index (Phi) is 6.07. The zero-order valence-electron chi connectivity index (χ0n) is 12.7. The van der Waals surface area contributed by atoms with Crippen molar-refractivity contribution in [3.63, 3.8) is 0 Å². The lowest BCUT2D eigenvalue weighted by Gasteiger charge is -2.35. The Bertz CT molecular complexity index is 256. The Balaban J connectivity index is 1.85. The summed E-state index contributed by atoms with van der Waals surface area (Å²) in [6.45, 7) is 11.9. The van der Waals surface area contributed by atoms with Gasteiger partial charge in [-0.3, -0.25) is 9.80 Å². The van der Waals surface area contributed by atoms with Crippen molar-refractivity contribution in [2.75, 3.05) is 45.9 Å². The molecule has 0 bridgehead atoms. The molecule has 3 unspecified atom stereocenters. The van der Waals surface area contributed by atoms with E-state index in [2.05, 4.69) is 23.6 Å². The number of nitrogens with zero attached hydrogens (tertiary/aromatic N) is 2. The average molecular weight is 269 g/mol. The molecule has 2 rings (SSSR count). The minimum Gasteiger partial charge on any atom is -0.379 e. The number of hydrogen-bond acceptors (Lipinski definition) is 4. The van der Waals surface area contributed by atoms with Gasteiger partial charge in [0.2, 0.25) is 0 Å². The Morgan fingerprint density at radius 3 is 2.63 bits per heavy atom. The predicted octanol–water partition coefficient (Wildman–Crippen LogP) is 1.16. The van der Waals surface area contributed by atoms with Crippen molar-refractivity contribution in [2.45, 2.75) is 45.2 Å². The van der Waals surface area contributed by atoms with Crippen LogP contribution in [-0.2, 0) is 4.74 Å². The van der Waals surface area contributed by atoms with Crippen molar-refractivity contribution in [1.82, 2.24) is 9.80 Å². The standard InChI is InChI=1S/C15H31N3O/c1-3-4-13(2)15(11-16)18-6-5-14(12-18)17-7-9-19-10-8-17/h13-15H,3-12,16H2,1-2H3. The van der Waals surface area contributed by atoms with Gasteiger partial charge in [-0.05, 0) is 18.8 Å². The molecule has 0 aromatic rings. The fourth-order valence-electron chi connectivity index (χ4n) is 3.70. The van der Waals surface area contributed by atoms with Crippen LogP contribution in [-0.4, -0.2) is 67.8 Å². The SMILES string of the molecule is CCCC(C)C(CN)N1CCC(N2CCOCC2)C1. The molecule has 2 aliphatic heterocycles. The maximum Gasteiger partial charge on any atom is 0.0594 e. The molecule has 19 heavy (non-hydrogen) atoms. The van der Waals surface area contributed by atoms with Gasteiger partial charge < -0.3 is 10.5 Å². The Morgan fingerprint density at radius 1 is 1.26 bits per heavy atom. The van der Waals surface area contributed by atoms with Crippen molar-refractivity contribution >= 4 is 0 Å². The molecule has 0 aliphatic carbocycles. The summed E-state index contributed by atoms with van der Waals surface area (Å²) in [5.74, 6) is 0.721. The van der Waals surface area contributed by atoms with Crippen LogP contribution >= 0.6 is 0 Å². The van der Waals surface area contributed by atoms with Crippen LogP contribution < -0.4 is 5.73 Å². The number of morpholine rings is 1. The maximum atomic E-state index is 6.03. The van der Waals surface area contributed by atoms with E-state index in [0.717, 1.165) is 44.8 Å². The first-order chi connectivity index (χ1) is 9.26. The van der Waals surface area contributed by atoms with E-state index >= 15 is 0 Å². The predicted molar refractivity (Wildman–Crippen MR) is 79.3 cm³/mol. The topological polar surface area (TPSA) is 41.7 Å². The summed E-state index contributed by atoms with van der Waals surface area (Å²) in [4.78, 5) is 5.25. The lowest BCUT2D eigenvalue weighted by molar-refractivity contribution is 0.0169. The third-order valence-electron chi connectivity index (χ3n) is 4.87. The van der Waals surface area contributed by atoms with E-state index in [9.17, 15) is 0 Å². The molecule has 0 saturated carbocycles. The van der Waals surface area contributed by atoms with Gasteiger partial charge in [0.05, 0.1) is 13.2 Å². The summed E-state index contributed by atoms with van der Waals surface area (Å²) in [6, 6.07) is 1.30. The van der Waals surface area contributed by atoms with Gasteiger partial charge in [-0.25, -0.2) is 0 Å². The molecule has 2 N–H and O–H groups in total. The maximum absolute atomic E-state index is 6.03. The van der Waals surface area contributed by atoms with Gasteiger partial charge in [0, 0.05) is 44.8 Å². The first kappa shape index (κ1) is 15.2. The number of ether oxygens (including phenoxy) is 1. The first-order valence-corrected chi connectivity index (χ1v) is 8.02. The van der Waals surface area contributed by atoms with E-state index in [0.29, 0.717) is 6.04 Å². The fourth-order valence-corrected chi connectivity index (χ4v) is 3.70. The average Bonchev–Trinajstić information content (AvgIpc) is 2.90. The molecule has 2 heterocycles. The molecule has 2 saturated heterocycles. The second-order valence-corrected chi connectivity index (χ2v) is 6.15. The minimum atomic E-state index is 0.575. The van der Waals surface area contributed by atoms with E-state index in [1.54, 1.807) is 0 Å². The molecule has 2 aliphatic rings. The molecule has 3 atom stereocenters. The zero-order chi connectivity index (χ0) is 13.7. The summed E-state index contributed by atoms with van der Waals surface area (Å²) in [5, 5.41) is 0. The molecule has 0 aromatic heterocycles. The highest BCUT2D eigenvalue weighted by Crippen LogP contribution is 2.23. The molecule has 4 nitrogen and oxygen atoms in total. The van der Waals surface area contributed by atoms with Crippen LogP contribution in [0.2, 0.25) is 0 Å².